The number of ether oxygens (including phenoxy) is 1. The average Bonchev–Trinajstić information content (AvgIpc) is 3.40. The lowest BCUT2D eigenvalue weighted by atomic mass is 9.69. The highest BCUT2D eigenvalue weighted by Crippen LogP contribution is 2.66. The van der Waals surface area contributed by atoms with Crippen LogP contribution >= 0.6 is 0 Å². The topological polar surface area (TPSA) is 46.5 Å². The molecule has 1 spiro atoms. The molecular weight excluding hydrogens is 288 g/mol. The van der Waals surface area contributed by atoms with Crippen LogP contribution in [0.1, 0.15) is 52.4 Å². The zero-order valence-electron chi connectivity index (χ0n) is 14.5. The van der Waals surface area contributed by atoms with E-state index in [1.165, 1.54) is 24.8 Å². The summed E-state index contributed by atoms with van der Waals surface area (Å²) < 4.78 is 5.70. The van der Waals surface area contributed by atoms with Gasteiger partial charge < -0.3 is 9.84 Å². The highest BCUT2D eigenvalue weighted by Gasteiger charge is 2.64. The molecule has 1 N–H and O–H groups in total. The summed E-state index contributed by atoms with van der Waals surface area (Å²) in [6, 6.07) is 0. The zero-order valence-corrected chi connectivity index (χ0v) is 14.5. The van der Waals surface area contributed by atoms with Crippen molar-refractivity contribution in [1.82, 2.24) is 0 Å². The standard InChI is InChI=1S/C20H28O3/c1-11-16(21)15-14(17(22)19(2,3)18(15)23-4)13(20(11)9-10-20)8-7-12-5-6-12/h12,15-16,18,21H,1,5-10H2,2-4H3. The van der Waals surface area contributed by atoms with Crippen LogP contribution in [0.25, 0.3) is 0 Å². The molecule has 0 bridgehead atoms. The number of methoxy groups -OCH3 is 1. The molecule has 4 aliphatic carbocycles. The summed E-state index contributed by atoms with van der Waals surface area (Å²) in [4.78, 5) is 13.2. The van der Waals surface area contributed by atoms with E-state index in [9.17, 15) is 9.90 Å². The van der Waals surface area contributed by atoms with Gasteiger partial charge in [0.2, 0.25) is 0 Å². The molecule has 0 saturated heterocycles. The van der Waals surface area contributed by atoms with Crippen LogP contribution in [-0.4, -0.2) is 30.2 Å². The molecule has 3 fully saturated rings. The van der Waals surface area contributed by atoms with E-state index in [2.05, 4.69) is 6.58 Å². The maximum Gasteiger partial charge on any atom is 0.167 e. The first kappa shape index (κ1) is 15.6. The first-order valence-electron chi connectivity index (χ1n) is 9.03. The Bertz CT molecular complexity index is 604. The number of fused-ring (bicyclic) bond motifs is 1. The van der Waals surface area contributed by atoms with E-state index in [0.29, 0.717) is 0 Å². The Labute approximate surface area is 138 Å². The first-order chi connectivity index (χ1) is 10.8. The molecule has 0 heterocycles. The maximum absolute atomic E-state index is 13.2. The molecule has 0 aliphatic heterocycles. The van der Waals surface area contributed by atoms with Gasteiger partial charge in [-0.1, -0.05) is 38.8 Å². The maximum atomic E-state index is 13.2. The van der Waals surface area contributed by atoms with Crippen molar-refractivity contribution in [3.8, 4) is 0 Å². The summed E-state index contributed by atoms with van der Waals surface area (Å²) >= 11 is 0. The molecule has 3 saturated carbocycles. The highest BCUT2D eigenvalue weighted by atomic mass is 16.5. The van der Waals surface area contributed by atoms with Crippen LogP contribution in [0.5, 0.6) is 0 Å². The fraction of sp³-hybridized carbons (Fsp3) is 0.750. The number of aliphatic hydroxyl groups is 1. The van der Waals surface area contributed by atoms with Gasteiger partial charge in [-0.2, -0.15) is 0 Å². The van der Waals surface area contributed by atoms with Gasteiger partial charge in [0.15, 0.2) is 5.78 Å². The van der Waals surface area contributed by atoms with Crippen molar-refractivity contribution in [3.05, 3.63) is 23.3 Å². The lowest BCUT2D eigenvalue weighted by molar-refractivity contribution is -0.126. The Kier molecular flexibility index (Phi) is 3.25. The normalized spacial score (nSPS) is 37.5. The molecular formula is C20H28O3. The number of allylic oxidation sites excluding steroid dienone is 1. The van der Waals surface area contributed by atoms with E-state index >= 15 is 0 Å². The zero-order chi connectivity index (χ0) is 16.6. The summed E-state index contributed by atoms with van der Waals surface area (Å²) in [5.41, 5.74) is 2.50. The molecule has 3 heteroatoms. The molecule has 126 valence electrons. The molecule has 23 heavy (non-hydrogen) atoms. The second-order valence-electron chi connectivity index (χ2n) is 8.66. The smallest absolute Gasteiger partial charge is 0.167 e. The highest BCUT2D eigenvalue weighted by molar-refractivity contribution is 6.05. The molecule has 0 aromatic heterocycles. The van der Waals surface area contributed by atoms with Gasteiger partial charge in [0.05, 0.1) is 17.6 Å². The van der Waals surface area contributed by atoms with Crippen LogP contribution in [0.3, 0.4) is 0 Å². The van der Waals surface area contributed by atoms with Gasteiger partial charge in [0.25, 0.3) is 0 Å². The molecule has 3 nitrogen and oxygen atoms in total. The number of rotatable bonds is 4. The Morgan fingerprint density at radius 3 is 2.48 bits per heavy atom. The minimum absolute atomic E-state index is 0.0749. The summed E-state index contributed by atoms with van der Waals surface area (Å²) in [6.45, 7) is 8.18. The SMILES string of the molecule is C=C1C(O)C2C(=C(CCC3CC3)C13CC3)C(=O)C(C)(C)C2OC. The van der Waals surface area contributed by atoms with E-state index in [-0.39, 0.29) is 23.2 Å². The van der Waals surface area contributed by atoms with Crippen molar-refractivity contribution >= 4 is 5.78 Å². The van der Waals surface area contributed by atoms with E-state index in [1.54, 1.807) is 7.11 Å². The van der Waals surface area contributed by atoms with Gasteiger partial charge in [-0.3, -0.25) is 4.79 Å². The number of Topliss-reactive ketones (excluding diaryl/α,β-unsaturated/α-hetero) is 1. The Morgan fingerprint density at radius 1 is 1.30 bits per heavy atom. The number of aliphatic hydroxyl groups excluding tert-OH is 1. The van der Waals surface area contributed by atoms with Crippen molar-refractivity contribution in [2.24, 2.45) is 22.7 Å². The summed E-state index contributed by atoms with van der Waals surface area (Å²) in [7, 11) is 1.66. The first-order valence-corrected chi connectivity index (χ1v) is 9.03. The van der Waals surface area contributed by atoms with Crippen LogP contribution < -0.4 is 0 Å². The minimum atomic E-state index is -0.646. The van der Waals surface area contributed by atoms with Gasteiger partial charge in [-0.25, -0.2) is 0 Å². The largest absolute Gasteiger partial charge is 0.388 e. The predicted molar refractivity (Wildman–Crippen MR) is 88.9 cm³/mol. The molecule has 4 rings (SSSR count). The Hall–Kier alpha value is -0.930. The van der Waals surface area contributed by atoms with E-state index < -0.39 is 11.5 Å². The minimum Gasteiger partial charge on any atom is -0.388 e. The van der Waals surface area contributed by atoms with Gasteiger partial charge >= 0.3 is 0 Å². The monoisotopic (exact) mass is 316 g/mol. The van der Waals surface area contributed by atoms with Gasteiger partial charge in [0.1, 0.15) is 0 Å². The second-order valence-corrected chi connectivity index (χ2v) is 8.66. The number of ketones is 1. The lowest BCUT2D eigenvalue weighted by Crippen LogP contribution is -2.41. The predicted octanol–water partition coefficient (Wildman–Crippen LogP) is 3.42. The van der Waals surface area contributed by atoms with Crippen LogP contribution in [0, 0.1) is 22.7 Å². The molecule has 0 aromatic carbocycles. The summed E-state index contributed by atoms with van der Waals surface area (Å²) in [6.07, 6.45) is 6.04. The summed E-state index contributed by atoms with van der Waals surface area (Å²) in [5, 5.41) is 10.9. The molecule has 3 unspecified atom stereocenters. The van der Waals surface area contributed by atoms with Crippen LogP contribution in [0.2, 0.25) is 0 Å². The third-order valence-electron chi connectivity index (χ3n) is 6.92. The summed E-state index contributed by atoms with van der Waals surface area (Å²) in [5.74, 6) is 0.814. The second kappa shape index (κ2) is 4.80. The third kappa shape index (κ3) is 1.99. The Morgan fingerprint density at radius 2 is 1.96 bits per heavy atom. The van der Waals surface area contributed by atoms with Crippen molar-refractivity contribution in [2.75, 3.05) is 7.11 Å². The van der Waals surface area contributed by atoms with Gasteiger partial charge in [-0.05, 0) is 37.2 Å². The Balaban J connectivity index is 1.83. The number of carbonyl (C=O) groups is 1. The van der Waals surface area contributed by atoms with E-state index in [1.807, 2.05) is 13.8 Å². The quantitative estimate of drug-likeness (QED) is 0.808. The number of carbonyl (C=O) groups excluding carboxylic acids is 1. The molecule has 0 radical (unpaired) electrons. The van der Waals surface area contributed by atoms with Gasteiger partial charge in [0, 0.05) is 24.0 Å². The van der Waals surface area contributed by atoms with Crippen LogP contribution in [0.15, 0.2) is 23.3 Å². The van der Waals surface area contributed by atoms with Gasteiger partial charge in [-0.15, -0.1) is 0 Å². The average molecular weight is 316 g/mol. The van der Waals surface area contributed by atoms with Crippen molar-refractivity contribution < 1.29 is 14.6 Å². The van der Waals surface area contributed by atoms with E-state index in [4.69, 9.17) is 4.74 Å². The van der Waals surface area contributed by atoms with Crippen molar-refractivity contribution in [2.45, 2.75) is 64.6 Å². The van der Waals surface area contributed by atoms with Crippen molar-refractivity contribution in [1.29, 1.82) is 0 Å². The fourth-order valence-corrected chi connectivity index (χ4v) is 5.16. The van der Waals surface area contributed by atoms with Crippen LogP contribution in [-0.2, 0) is 9.53 Å². The molecule has 3 atom stereocenters. The van der Waals surface area contributed by atoms with Crippen LogP contribution in [0.4, 0.5) is 0 Å². The number of hydrogen-bond donors (Lipinski definition) is 1. The number of hydrogen-bond acceptors (Lipinski definition) is 3. The molecule has 0 amide bonds. The fourth-order valence-electron chi connectivity index (χ4n) is 5.16. The van der Waals surface area contributed by atoms with Crippen molar-refractivity contribution in [3.63, 3.8) is 0 Å². The van der Waals surface area contributed by atoms with E-state index in [0.717, 1.165) is 36.3 Å². The third-order valence-corrected chi connectivity index (χ3v) is 6.92. The lowest BCUT2D eigenvalue weighted by Gasteiger charge is -2.39. The molecule has 0 aromatic rings. The molecule has 4 aliphatic rings.